The SMILES string of the molecule is C[C@]12CCC(=O)C[C@@H]1CC[C@@H]1[C@@H]2CC[C@]2(C)C(=O)[C@@H](n3ccnn3)C[C@@H]12. The highest BCUT2D eigenvalue weighted by Crippen LogP contribution is 2.66. The second-order valence-electron chi connectivity index (χ2n) is 9.85. The van der Waals surface area contributed by atoms with Crippen molar-refractivity contribution in [1.29, 1.82) is 0 Å². The predicted octanol–water partition coefficient (Wildman–Crippen LogP) is 3.61. The molecule has 5 rings (SSSR count). The molecular formula is C21H29N3O2. The molecule has 4 fully saturated rings. The van der Waals surface area contributed by atoms with Gasteiger partial charge < -0.3 is 0 Å². The molecule has 140 valence electrons. The van der Waals surface area contributed by atoms with Crippen LogP contribution in [0.3, 0.4) is 0 Å². The maximum Gasteiger partial charge on any atom is 0.163 e. The number of Topliss-reactive ketones (excluding diaryl/α,β-unsaturated/α-hetero) is 2. The smallest absolute Gasteiger partial charge is 0.163 e. The maximum atomic E-state index is 13.3. The molecule has 7 atom stereocenters. The summed E-state index contributed by atoms with van der Waals surface area (Å²) in [6.45, 7) is 4.67. The van der Waals surface area contributed by atoms with Crippen molar-refractivity contribution in [2.45, 2.75) is 71.3 Å². The average molecular weight is 355 g/mol. The molecule has 1 aromatic rings. The second-order valence-corrected chi connectivity index (χ2v) is 9.85. The minimum Gasteiger partial charge on any atom is -0.300 e. The molecule has 5 nitrogen and oxygen atoms in total. The van der Waals surface area contributed by atoms with E-state index in [-0.39, 0.29) is 11.5 Å². The number of hydrogen-bond acceptors (Lipinski definition) is 4. The Bertz CT molecular complexity index is 744. The van der Waals surface area contributed by atoms with Gasteiger partial charge in [-0.25, -0.2) is 4.68 Å². The molecule has 4 aliphatic rings. The zero-order valence-corrected chi connectivity index (χ0v) is 15.9. The topological polar surface area (TPSA) is 64.8 Å². The van der Waals surface area contributed by atoms with Crippen LogP contribution in [0.2, 0.25) is 0 Å². The van der Waals surface area contributed by atoms with Crippen LogP contribution in [0.5, 0.6) is 0 Å². The summed E-state index contributed by atoms with van der Waals surface area (Å²) in [5.41, 5.74) is 0.0953. The zero-order chi connectivity index (χ0) is 18.1. The van der Waals surface area contributed by atoms with Gasteiger partial charge in [-0.2, -0.15) is 0 Å². The minimum atomic E-state index is -0.203. The maximum absolute atomic E-state index is 13.3. The highest BCUT2D eigenvalue weighted by molar-refractivity contribution is 5.90. The third kappa shape index (κ3) is 2.09. The van der Waals surface area contributed by atoms with Gasteiger partial charge in [0.15, 0.2) is 5.78 Å². The molecule has 4 aliphatic carbocycles. The van der Waals surface area contributed by atoms with Gasteiger partial charge in [0.2, 0.25) is 0 Å². The van der Waals surface area contributed by atoms with Crippen LogP contribution in [0.1, 0.15) is 71.3 Å². The summed E-state index contributed by atoms with van der Waals surface area (Å²) in [6.07, 6.45) is 11.5. The lowest BCUT2D eigenvalue weighted by Crippen LogP contribution is -2.53. The van der Waals surface area contributed by atoms with E-state index in [2.05, 4.69) is 24.2 Å². The summed E-state index contributed by atoms with van der Waals surface area (Å²) in [5, 5.41) is 8.06. The van der Waals surface area contributed by atoms with Gasteiger partial charge in [0.05, 0.1) is 6.20 Å². The summed E-state index contributed by atoms with van der Waals surface area (Å²) in [5.74, 6) is 3.16. The molecule has 0 bridgehead atoms. The van der Waals surface area contributed by atoms with Crippen LogP contribution in [0.4, 0.5) is 0 Å². The third-order valence-corrected chi connectivity index (χ3v) is 8.97. The Morgan fingerprint density at radius 2 is 1.96 bits per heavy atom. The monoisotopic (exact) mass is 355 g/mol. The number of hydrogen-bond donors (Lipinski definition) is 0. The Morgan fingerprint density at radius 1 is 1.12 bits per heavy atom. The van der Waals surface area contributed by atoms with Gasteiger partial charge >= 0.3 is 0 Å². The largest absolute Gasteiger partial charge is 0.300 e. The minimum absolute atomic E-state index is 0.135. The second kappa shape index (κ2) is 5.49. The number of carbonyl (C=O) groups excluding carboxylic acids is 2. The lowest BCUT2D eigenvalue weighted by atomic mass is 9.45. The van der Waals surface area contributed by atoms with Crippen LogP contribution in [0.15, 0.2) is 12.4 Å². The quantitative estimate of drug-likeness (QED) is 0.772. The highest BCUT2D eigenvalue weighted by Gasteiger charge is 2.62. The van der Waals surface area contributed by atoms with E-state index in [0.717, 1.165) is 44.9 Å². The number of ketones is 2. The molecule has 1 aromatic heterocycles. The lowest BCUT2D eigenvalue weighted by molar-refractivity contribution is -0.144. The van der Waals surface area contributed by atoms with Crippen LogP contribution in [0, 0.1) is 34.5 Å². The van der Waals surface area contributed by atoms with E-state index in [4.69, 9.17) is 0 Å². The van der Waals surface area contributed by atoms with E-state index in [1.54, 1.807) is 10.9 Å². The normalized spacial score (nSPS) is 48.0. The molecule has 0 aromatic carbocycles. The van der Waals surface area contributed by atoms with Gasteiger partial charge in [-0.1, -0.05) is 19.1 Å². The van der Waals surface area contributed by atoms with E-state index in [9.17, 15) is 9.59 Å². The van der Waals surface area contributed by atoms with Gasteiger partial charge in [-0.3, -0.25) is 9.59 Å². The number of rotatable bonds is 1. The van der Waals surface area contributed by atoms with Gasteiger partial charge in [0.1, 0.15) is 11.8 Å². The van der Waals surface area contributed by atoms with Crippen LogP contribution < -0.4 is 0 Å². The standard InChI is InChI=1S/C21H29N3O2/c1-20-7-5-14(25)11-13(20)3-4-15-16(20)6-8-21(2)17(15)12-18(19(21)26)24-10-9-22-23-24/h9-10,13,15-18H,3-8,11-12H2,1-2H3/t13-,15+,16-,17-,18-,20-,21-/m0/s1. The van der Waals surface area contributed by atoms with Crippen molar-refractivity contribution in [3.63, 3.8) is 0 Å². The molecule has 0 radical (unpaired) electrons. The molecule has 0 unspecified atom stereocenters. The molecule has 1 heterocycles. The highest BCUT2D eigenvalue weighted by atomic mass is 16.1. The van der Waals surface area contributed by atoms with Crippen molar-refractivity contribution in [2.24, 2.45) is 34.5 Å². The van der Waals surface area contributed by atoms with Gasteiger partial charge in [0, 0.05) is 24.5 Å². The average Bonchev–Trinajstić information content (AvgIpc) is 3.23. The summed E-state index contributed by atoms with van der Waals surface area (Å²) >= 11 is 0. The van der Waals surface area contributed by atoms with Gasteiger partial charge in [0.25, 0.3) is 0 Å². The number of aromatic nitrogens is 3. The molecule has 0 N–H and O–H groups in total. The summed E-state index contributed by atoms with van der Waals surface area (Å²) in [6, 6.07) is -0.135. The fourth-order valence-corrected chi connectivity index (χ4v) is 7.45. The summed E-state index contributed by atoms with van der Waals surface area (Å²) < 4.78 is 1.79. The van der Waals surface area contributed by atoms with Crippen molar-refractivity contribution in [3.05, 3.63) is 12.4 Å². The van der Waals surface area contributed by atoms with E-state index in [1.807, 2.05) is 6.20 Å². The Kier molecular flexibility index (Phi) is 3.51. The first-order valence-corrected chi connectivity index (χ1v) is 10.4. The first-order valence-electron chi connectivity index (χ1n) is 10.4. The molecule has 26 heavy (non-hydrogen) atoms. The molecule has 0 amide bonds. The Balaban J connectivity index is 1.47. The van der Waals surface area contributed by atoms with Crippen LogP contribution >= 0.6 is 0 Å². The van der Waals surface area contributed by atoms with Crippen LogP contribution in [-0.2, 0) is 9.59 Å². The lowest BCUT2D eigenvalue weighted by Gasteiger charge is -2.59. The number of nitrogens with zero attached hydrogens (tertiary/aromatic N) is 3. The molecular weight excluding hydrogens is 326 g/mol. The van der Waals surface area contributed by atoms with Gasteiger partial charge in [-0.05, 0) is 67.6 Å². The first kappa shape index (κ1) is 16.6. The predicted molar refractivity (Wildman–Crippen MR) is 96.2 cm³/mol. The Morgan fingerprint density at radius 3 is 2.73 bits per heavy atom. The fraction of sp³-hybridized carbons (Fsp3) is 0.810. The molecule has 0 aliphatic heterocycles. The summed E-state index contributed by atoms with van der Waals surface area (Å²) in [7, 11) is 0. The van der Waals surface area contributed by atoms with E-state index in [0.29, 0.717) is 40.7 Å². The summed E-state index contributed by atoms with van der Waals surface area (Å²) in [4.78, 5) is 25.3. The van der Waals surface area contributed by atoms with Crippen molar-refractivity contribution >= 4 is 11.6 Å². The first-order chi connectivity index (χ1) is 12.4. The fourth-order valence-electron chi connectivity index (χ4n) is 7.45. The van der Waals surface area contributed by atoms with E-state index in [1.165, 1.54) is 6.42 Å². The third-order valence-electron chi connectivity index (χ3n) is 8.97. The molecule has 0 spiro atoms. The Hall–Kier alpha value is -1.52. The number of fused-ring (bicyclic) bond motifs is 5. The number of carbonyl (C=O) groups is 2. The zero-order valence-electron chi connectivity index (χ0n) is 15.9. The molecule has 4 saturated carbocycles. The van der Waals surface area contributed by atoms with Crippen LogP contribution in [-0.4, -0.2) is 26.6 Å². The van der Waals surface area contributed by atoms with E-state index >= 15 is 0 Å². The molecule has 5 heteroatoms. The van der Waals surface area contributed by atoms with E-state index < -0.39 is 0 Å². The Labute approximate surface area is 154 Å². The molecule has 0 saturated heterocycles. The van der Waals surface area contributed by atoms with Gasteiger partial charge in [-0.15, -0.1) is 5.10 Å². The van der Waals surface area contributed by atoms with Crippen molar-refractivity contribution in [3.8, 4) is 0 Å². The van der Waals surface area contributed by atoms with Crippen molar-refractivity contribution in [2.75, 3.05) is 0 Å². The van der Waals surface area contributed by atoms with Crippen molar-refractivity contribution < 1.29 is 9.59 Å². The van der Waals surface area contributed by atoms with Crippen LogP contribution in [0.25, 0.3) is 0 Å². The van der Waals surface area contributed by atoms with Crippen molar-refractivity contribution in [1.82, 2.24) is 15.0 Å².